The molecule has 1 amide bonds. The van der Waals surface area contributed by atoms with Gasteiger partial charge < -0.3 is 30.0 Å². The number of hydrogen-bond donors (Lipinski definition) is 3. The van der Waals surface area contributed by atoms with Crippen molar-refractivity contribution in [3.63, 3.8) is 0 Å². The zero-order valence-electron chi connectivity index (χ0n) is 20.0. The van der Waals surface area contributed by atoms with Gasteiger partial charge in [0.1, 0.15) is 11.3 Å². The number of nitrogens with one attached hydrogen (secondary N) is 3. The largest absolute Gasteiger partial charge is 0.494 e. The number of carbonyl (C=O) groups excluding carboxylic acids is 1. The van der Waals surface area contributed by atoms with E-state index in [9.17, 15) is 9.59 Å². The first kappa shape index (κ1) is 24.8. The van der Waals surface area contributed by atoms with Gasteiger partial charge in [0.25, 0.3) is 0 Å². The molecular weight excluding hydrogens is 589 g/mol. The first-order chi connectivity index (χ1) is 18.0. The minimum atomic E-state index is -0.336. The van der Waals surface area contributed by atoms with Crippen molar-refractivity contribution < 1.29 is 14.3 Å². The van der Waals surface area contributed by atoms with Crippen molar-refractivity contribution in [1.82, 2.24) is 19.5 Å². The number of morpholine rings is 1. The van der Waals surface area contributed by atoms with Crippen LogP contribution < -0.4 is 26.0 Å². The Bertz CT molecular complexity index is 1520. The summed E-state index contributed by atoms with van der Waals surface area (Å²) in [5, 5.41) is 6.05. The van der Waals surface area contributed by atoms with Gasteiger partial charge in [-0.15, -0.1) is 0 Å². The number of anilines is 4. The molecule has 12 heteroatoms. The normalized spacial score (nSPS) is 13.4. The lowest BCUT2D eigenvalue weighted by Crippen LogP contribution is -2.36. The second-order valence-corrected chi connectivity index (χ2v) is 9.41. The molecule has 0 bridgehead atoms. The van der Waals surface area contributed by atoms with Crippen LogP contribution in [0.5, 0.6) is 5.75 Å². The molecule has 3 heterocycles. The Kier molecular flexibility index (Phi) is 7.10. The molecule has 0 atom stereocenters. The number of aromatic amines is 1. The number of benzene rings is 2. The molecule has 1 saturated heterocycles. The summed E-state index contributed by atoms with van der Waals surface area (Å²) in [5.41, 5.74) is 3.21. The minimum Gasteiger partial charge on any atom is -0.494 e. The topological polar surface area (TPSA) is 126 Å². The number of nitrogens with zero attached hydrogens (tertiary/aromatic N) is 4. The van der Waals surface area contributed by atoms with Crippen molar-refractivity contribution in [2.24, 2.45) is 0 Å². The maximum atomic E-state index is 12.7. The lowest BCUT2D eigenvalue weighted by Gasteiger charge is -2.31. The summed E-state index contributed by atoms with van der Waals surface area (Å²) in [7, 11) is 1.57. The van der Waals surface area contributed by atoms with Crippen molar-refractivity contribution in [1.29, 1.82) is 0 Å². The zero-order chi connectivity index (χ0) is 25.9. The summed E-state index contributed by atoms with van der Waals surface area (Å²) >= 11 is 2.21. The van der Waals surface area contributed by atoms with E-state index in [1.807, 2.05) is 30.3 Å². The number of H-pyrrole nitrogens is 1. The van der Waals surface area contributed by atoms with Gasteiger partial charge in [-0.05, 0) is 59.0 Å². The molecule has 0 radical (unpaired) electrons. The van der Waals surface area contributed by atoms with E-state index >= 15 is 0 Å². The molecule has 0 spiro atoms. The Morgan fingerprint density at radius 2 is 1.97 bits per heavy atom. The van der Waals surface area contributed by atoms with Crippen LogP contribution in [0.3, 0.4) is 0 Å². The van der Waals surface area contributed by atoms with Crippen molar-refractivity contribution in [2.45, 2.75) is 0 Å². The lowest BCUT2D eigenvalue weighted by atomic mass is 10.1. The van der Waals surface area contributed by atoms with Crippen LogP contribution in [0.25, 0.3) is 16.9 Å². The first-order valence-corrected chi connectivity index (χ1v) is 12.5. The van der Waals surface area contributed by atoms with Gasteiger partial charge in [-0.1, -0.05) is 6.58 Å². The number of aromatic nitrogens is 4. The Labute approximate surface area is 225 Å². The Hall–Kier alpha value is -3.91. The van der Waals surface area contributed by atoms with E-state index in [1.165, 1.54) is 10.6 Å². The number of hydrogen-bond acceptors (Lipinski definition) is 8. The van der Waals surface area contributed by atoms with Crippen molar-refractivity contribution in [3.05, 3.63) is 69.3 Å². The summed E-state index contributed by atoms with van der Waals surface area (Å²) in [6.45, 7) is 6.08. The number of methoxy groups -OCH3 is 1. The minimum absolute atomic E-state index is 0.254. The summed E-state index contributed by atoms with van der Waals surface area (Å²) in [4.78, 5) is 38.8. The van der Waals surface area contributed by atoms with Crippen LogP contribution in [0.4, 0.5) is 23.0 Å². The zero-order valence-corrected chi connectivity index (χ0v) is 22.1. The van der Waals surface area contributed by atoms with Crippen molar-refractivity contribution in [2.75, 3.05) is 48.9 Å². The number of ether oxygens (including phenoxy) is 2. The molecule has 0 saturated carbocycles. The molecule has 190 valence electrons. The fourth-order valence-corrected chi connectivity index (χ4v) is 4.45. The monoisotopic (exact) mass is 613 g/mol. The standard InChI is InChI=1S/C25H24IN7O4/c1-3-22(34)28-17-12-18(21(36-2)13-20(17)32-8-10-37-11-9-32)29-24-27-14-19-23(31-24)33(25(35)30-19)16-6-4-15(26)5-7-16/h3-7,12-14H,1,8-11H2,2H3,(H,28,34)(H,30,35)(H,27,29,31). The summed E-state index contributed by atoms with van der Waals surface area (Å²) < 4.78 is 13.7. The van der Waals surface area contributed by atoms with Gasteiger partial charge in [0.05, 0.1) is 49.3 Å². The van der Waals surface area contributed by atoms with Crippen LogP contribution >= 0.6 is 22.6 Å². The molecule has 1 fully saturated rings. The smallest absolute Gasteiger partial charge is 0.332 e. The molecule has 37 heavy (non-hydrogen) atoms. The van der Waals surface area contributed by atoms with Gasteiger partial charge in [-0.25, -0.2) is 14.3 Å². The van der Waals surface area contributed by atoms with E-state index < -0.39 is 0 Å². The van der Waals surface area contributed by atoms with Gasteiger partial charge in [-0.2, -0.15) is 4.98 Å². The van der Waals surface area contributed by atoms with Gasteiger partial charge in [0.2, 0.25) is 11.9 Å². The molecule has 11 nitrogen and oxygen atoms in total. The van der Waals surface area contributed by atoms with E-state index in [0.717, 1.165) is 9.26 Å². The van der Waals surface area contributed by atoms with Crippen LogP contribution in [0, 0.1) is 3.57 Å². The van der Waals surface area contributed by atoms with E-state index in [4.69, 9.17) is 9.47 Å². The number of fused-ring (bicyclic) bond motifs is 1. The molecule has 2 aromatic carbocycles. The molecule has 5 rings (SSSR count). The van der Waals surface area contributed by atoms with Gasteiger partial charge >= 0.3 is 5.69 Å². The van der Waals surface area contributed by atoms with Crippen molar-refractivity contribution in [3.8, 4) is 11.4 Å². The fourth-order valence-electron chi connectivity index (χ4n) is 4.09. The fraction of sp³-hybridized carbons (Fsp3) is 0.200. The Balaban J connectivity index is 1.55. The van der Waals surface area contributed by atoms with E-state index in [0.29, 0.717) is 60.3 Å². The molecule has 1 aliphatic rings. The highest BCUT2D eigenvalue weighted by molar-refractivity contribution is 14.1. The Morgan fingerprint density at radius 3 is 2.68 bits per heavy atom. The molecule has 0 unspecified atom stereocenters. The maximum Gasteiger partial charge on any atom is 0.332 e. The molecule has 0 aliphatic carbocycles. The van der Waals surface area contributed by atoms with Gasteiger partial charge in [0, 0.05) is 22.7 Å². The number of carbonyl (C=O) groups is 1. The molecular formula is C25H24IN7O4. The number of rotatable bonds is 7. The third-order valence-electron chi connectivity index (χ3n) is 5.87. The van der Waals surface area contributed by atoms with Crippen LogP contribution in [-0.2, 0) is 9.53 Å². The second kappa shape index (κ2) is 10.6. The van der Waals surface area contributed by atoms with Gasteiger partial charge in [0.15, 0.2) is 5.65 Å². The van der Waals surface area contributed by atoms with E-state index in [1.54, 1.807) is 19.4 Å². The summed E-state index contributed by atoms with van der Waals surface area (Å²) in [6, 6.07) is 11.2. The highest BCUT2D eigenvalue weighted by Gasteiger charge is 2.20. The van der Waals surface area contributed by atoms with Gasteiger partial charge in [-0.3, -0.25) is 4.79 Å². The van der Waals surface area contributed by atoms with Crippen LogP contribution in [-0.4, -0.2) is 58.8 Å². The molecule has 3 N–H and O–H groups in total. The quantitative estimate of drug-likeness (QED) is 0.214. The predicted octanol–water partition coefficient (Wildman–Crippen LogP) is 3.43. The van der Waals surface area contributed by atoms with Crippen LogP contribution in [0.2, 0.25) is 0 Å². The molecule has 2 aromatic heterocycles. The number of amides is 1. The third kappa shape index (κ3) is 5.15. The summed E-state index contributed by atoms with van der Waals surface area (Å²) in [6.07, 6.45) is 2.76. The second-order valence-electron chi connectivity index (χ2n) is 8.16. The SMILES string of the molecule is C=CC(=O)Nc1cc(Nc2ncc3[nH]c(=O)n(-c4ccc(I)cc4)c3n2)c(OC)cc1N1CCOCC1. The van der Waals surface area contributed by atoms with Crippen LogP contribution in [0.1, 0.15) is 0 Å². The number of halogens is 1. The van der Waals surface area contributed by atoms with E-state index in [-0.39, 0.29) is 17.5 Å². The lowest BCUT2D eigenvalue weighted by molar-refractivity contribution is -0.111. The predicted molar refractivity (Wildman–Crippen MR) is 150 cm³/mol. The number of imidazole rings is 1. The molecule has 1 aliphatic heterocycles. The average Bonchev–Trinajstić information content (AvgIpc) is 3.24. The molecule has 4 aromatic rings. The summed E-state index contributed by atoms with van der Waals surface area (Å²) in [5.74, 6) is 0.451. The highest BCUT2D eigenvalue weighted by Crippen LogP contribution is 2.38. The van der Waals surface area contributed by atoms with E-state index in [2.05, 4.69) is 59.7 Å². The Morgan fingerprint density at radius 1 is 1.22 bits per heavy atom. The van der Waals surface area contributed by atoms with Crippen molar-refractivity contribution >= 4 is 62.7 Å². The maximum absolute atomic E-state index is 12.7. The third-order valence-corrected chi connectivity index (χ3v) is 6.59. The first-order valence-electron chi connectivity index (χ1n) is 11.5. The average molecular weight is 613 g/mol. The van der Waals surface area contributed by atoms with Crippen LogP contribution in [0.15, 0.2) is 60.0 Å². The highest BCUT2D eigenvalue weighted by atomic mass is 127.